The highest BCUT2D eigenvalue weighted by atomic mass is 35.5. The average Bonchev–Trinajstić information content (AvgIpc) is 2.71. The Balaban J connectivity index is 2.19. The van der Waals surface area contributed by atoms with Gasteiger partial charge in [-0.1, -0.05) is 30.3 Å². The van der Waals surface area contributed by atoms with Crippen LogP contribution in [0.15, 0.2) is 49.0 Å². The molecular formula is C21H23Cl2N3O2S. The number of alkyl halides is 1. The lowest BCUT2D eigenvalue weighted by Gasteiger charge is -2.26. The summed E-state index contributed by atoms with van der Waals surface area (Å²) in [5.74, 6) is 0.293. The van der Waals surface area contributed by atoms with Crippen molar-refractivity contribution in [2.75, 3.05) is 27.8 Å². The number of hydrogen-bond donors (Lipinski definition) is 1. The van der Waals surface area contributed by atoms with E-state index in [1.165, 1.54) is 0 Å². The van der Waals surface area contributed by atoms with Crippen molar-refractivity contribution in [1.29, 1.82) is 5.26 Å². The Hall–Kier alpha value is -2.20. The summed E-state index contributed by atoms with van der Waals surface area (Å²) in [4.78, 5) is 2.10. The number of benzene rings is 2. The largest absolute Gasteiger partial charge is 0.367 e. The lowest BCUT2D eigenvalue weighted by molar-refractivity contribution is 0.600. The number of sulfonamides is 1. The molecule has 0 saturated heterocycles. The second-order valence-electron chi connectivity index (χ2n) is 6.43. The molecule has 2 aromatic rings. The van der Waals surface area contributed by atoms with Crippen molar-refractivity contribution in [2.45, 2.75) is 19.9 Å². The van der Waals surface area contributed by atoms with E-state index in [4.69, 9.17) is 23.2 Å². The van der Waals surface area contributed by atoms with Crippen molar-refractivity contribution < 1.29 is 8.42 Å². The van der Waals surface area contributed by atoms with Gasteiger partial charge in [-0.25, -0.2) is 8.42 Å². The Bertz CT molecular complexity index is 1000. The molecule has 2 aromatic carbocycles. The van der Waals surface area contributed by atoms with Crippen LogP contribution in [0.25, 0.3) is 5.57 Å². The normalized spacial score (nSPS) is 11.0. The van der Waals surface area contributed by atoms with Gasteiger partial charge in [0.2, 0.25) is 10.0 Å². The van der Waals surface area contributed by atoms with Crippen molar-refractivity contribution in [3.8, 4) is 6.07 Å². The van der Waals surface area contributed by atoms with E-state index in [2.05, 4.69) is 22.3 Å². The summed E-state index contributed by atoms with van der Waals surface area (Å²) in [7, 11) is -3.40. The van der Waals surface area contributed by atoms with Crippen LogP contribution in [-0.4, -0.2) is 26.6 Å². The van der Waals surface area contributed by atoms with E-state index < -0.39 is 10.0 Å². The number of nitriles is 1. The lowest BCUT2D eigenvalue weighted by Crippen LogP contribution is -2.23. The van der Waals surface area contributed by atoms with Crippen LogP contribution >= 0.6 is 23.2 Å². The van der Waals surface area contributed by atoms with E-state index in [9.17, 15) is 13.7 Å². The van der Waals surface area contributed by atoms with Crippen molar-refractivity contribution in [1.82, 2.24) is 0 Å². The second kappa shape index (κ2) is 10.5. The monoisotopic (exact) mass is 451 g/mol. The molecule has 1 N–H and O–H groups in total. The lowest BCUT2D eigenvalue weighted by atomic mass is 10.0. The summed E-state index contributed by atoms with van der Waals surface area (Å²) in [6, 6.07) is 14.7. The number of halogens is 2. The van der Waals surface area contributed by atoms with E-state index in [0.717, 1.165) is 11.3 Å². The van der Waals surface area contributed by atoms with Crippen LogP contribution in [0.5, 0.6) is 0 Å². The molecular weight excluding hydrogens is 429 g/mol. The molecule has 0 saturated carbocycles. The molecule has 0 aliphatic heterocycles. The molecule has 0 fully saturated rings. The van der Waals surface area contributed by atoms with Crippen LogP contribution in [0.1, 0.15) is 24.5 Å². The molecule has 0 spiro atoms. The number of nitrogens with zero attached hydrogens (tertiary/aromatic N) is 2. The van der Waals surface area contributed by atoms with E-state index >= 15 is 0 Å². The molecule has 0 amide bonds. The van der Waals surface area contributed by atoms with Crippen molar-refractivity contribution in [3.05, 3.63) is 65.2 Å². The Morgan fingerprint density at radius 2 is 1.93 bits per heavy atom. The minimum absolute atomic E-state index is 0.00993. The Morgan fingerprint density at radius 3 is 2.52 bits per heavy atom. The molecule has 29 heavy (non-hydrogen) atoms. The molecule has 2 rings (SSSR count). The molecule has 0 atom stereocenters. The third-order valence-corrected chi connectivity index (χ3v) is 6.16. The first-order chi connectivity index (χ1) is 13.8. The molecule has 0 heterocycles. The van der Waals surface area contributed by atoms with Crippen molar-refractivity contribution in [2.24, 2.45) is 0 Å². The highest BCUT2D eigenvalue weighted by Crippen LogP contribution is 2.30. The zero-order valence-electron chi connectivity index (χ0n) is 16.2. The number of hydrogen-bond acceptors (Lipinski definition) is 4. The van der Waals surface area contributed by atoms with Crippen LogP contribution in [0, 0.1) is 11.3 Å². The zero-order chi connectivity index (χ0) is 21.4. The fourth-order valence-corrected chi connectivity index (χ4v) is 4.41. The van der Waals surface area contributed by atoms with Crippen LogP contribution in [0.3, 0.4) is 0 Å². The summed E-state index contributed by atoms with van der Waals surface area (Å²) < 4.78 is 26.5. The number of allylic oxidation sites excluding steroid dienone is 1. The molecule has 8 heteroatoms. The smallest absolute Gasteiger partial charge is 0.232 e. The summed E-state index contributed by atoms with van der Waals surface area (Å²) in [6.07, 6.45) is 0.401. The Morgan fingerprint density at radius 1 is 1.24 bits per heavy atom. The number of rotatable bonds is 10. The van der Waals surface area contributed by atoms with Gasteiger partial charge >= 0.3 is 0 Å². The zero-order valence-corrected chi connectivity index (χ0v) is 18.5. The first-order valence-corrected chi connectivity index (χ1v) is 11.7. The standard InChI is InChI=1S/C21H23Cl2N3O2S/c1-3-26(21-10-7-18(23)13-20(21)16(2)14-24)15-17-5-8-19(9-6-17)25-29(27,28)12-4-11-22/h5-10,13,25H,2-4,11-12,15H2,1H3. The van der Waals surface area contributed by atoms with Gasteiger partial charge < -0.3 is 4.90 Å². The first kappa shape index (κ1) is 23.1. The summed E-state index contributed by atoms with van der Waals surface area (Å²) in [5.41, 5.74) is 3.43. The van der Waals surface area contributed by atoms with Crippen LogP contribution in [-0.2, 0) is 16.6 Å². The van der Waals surface area contributed by atoms with Gasteiger partial charge in [-0.3, -0.25) is 4.72 Å². The minimum atomic E-state index is -3.40. The van der Waals surface area contributed by atoms with Gasteiger partial charge in [-0.15, -0.1) is 11.6 Å². The van der Waals surface area contributed by atoms with Gasteiger partial charge in [0.25, 0.3) is 0 Å². The molecule has 154 valence electrons. The van der Waals surface area contributed by atoms with Gasteiger partial charge in [-0.05, 0) is 49.2 Å². The molecule has 5 nitrogen and oxygen atoms in total. The SMILES string of the molecule is C=C(C#N)c1cc(Cl)ccc1N(CC)Cc1ccc(NS(=O)(=O)CCCCl)cc1. The van der Waals surface area contributed by atoms with Gasteiger partial charge in [0.15, 0.2) is 0 Å². The van der Waals surface area contributed by atoms with Gasteiger partial charge in [0.1, 0.15) is 0 Å². The summed E-state index contributed by atoms with van der Waals surface area (Å²) in [6.45, 7) is 7.13. The topological polar surface area (TPSA) is 73.2 Å². The molecule has 0 aliphatic rings. The van der Waals surface area contributed by atoms with E-state index in [0.29, 0.717) is 47.2 Å². The van der Waals surface area contributed by atoms with E-state index in [1.807, 2.05) is 25.1 Å². The Labute approximate surface area is 182 Å². The third-order valence-electron chi connectivity index (χ3n) is 4.29. The quantitative estimate of drug-likeness (QED) is 0.394. The fraction of sp³-hybridized carbons (Fsp3) is 0.286. The molecule has 0 bridgehead atoms. The first-order valence-electron chi connectivity index (χ1n) is 9.09. The highest BCUT2D eigenvalue weighted by molar-refractivity contribution is 7.92. The second-order valence-corrected chi connectivity index (χ2v) is 9.08. The highest BCUT2D eigenvalue weighted by Gasteiger charge is 2.14. The molecule has 0 radical (unpaired) electrons. The fourth-order valence-electron chi connectivity index (χ4n) is 2.83. The van der Waals surface area contributed by atoms with E-state index in [-0.39, 0.29) is 5.75 Å². The van der Waals surface area contributed by atoms with Crippen molar-refractivity contribution >= 4 is 50.2 Å². The summed E-state index contributed by atoms with van der Waals surface area (Å²) in [5, 5.41) is 9.79. The van der Waals surface area contributed by atoms with Gasteiger partial charge in [0.05, 0.1) is 17.4 Å². The van der Waals surface area contributed by atoms with Crippen molar-refractivity contribution in [3.63, 3.8) is 0 Å². The number of anilines is 2. The van der Waals surface area contributed by atoms with E-state index in [1.54, 1.807) is 24.3 Å². The predicted octanol–water partition coefficient (Wildman–Crippen LogP) is 5.27. The minimum Gasteiger partial charge on any atom is -0.367 e. The molecule has 0 unspecified atom stereocenters. The molecule has 0 aromatic heterocycles. The average molecular weight is 452 g/mol. The maximum atomic E-state index is 12.0. The Kier molecular flexibility index (Phi) is 8.39. The van der Waals surface area contributed by atoms with Crippen LogP contribution in [0.2, 0.25) is 5.02 Å². The summed E-state index contributed by atoms with van der Waals surface area (Å²) >= 11 is 11.7. The maximum absolute atomic E-state index is 12.0. The van der Waals surface area contributed by atoms with Gasteiger partial charge in [-0.2, -0.15) is 5.26 Å². The van der Waals surface area contributed by atoms with Crippen LogP contribution < -0.4 is 9.62 Å². The van der Waals surface area contributed by atoms with Crippen LogP contribution in [0.4, 0.5) is 11.4 Å². The predicted molar refractivity (Wildman–Crippen MR) is 122 cm³/mol. The third kappa shape index (κ3) is 6.67. The molecule has 0 aliphatic carbocycles. The number of nitrogens with one attached hydrogen (secondary N) is 1. The maximum Gasteiger partial charge on any atom is 0.232 e. The van der Waals surface area contributed by atoms with Gasteiger partial charge in [0, 0.05) is 40.9 Å².